The first-order valence-corrected chi connectivity index (χ1v) is 7.44. The monoisotopic (exact) mass is 370 g/mol. The summed E-state index contributed by atoms with van der Waals surface area (Å²) < 4.78 is 6.16. The van der Waals surface area contributed by atoms with Crippen LogP contribution in [0.25, 0.3) is 11.0 Å². The Bertz CT molecular complexity index is 708. The molecule has 1 aromatic heterocycles. The summed E-state index contributed by atoms with van der Waals surface area (Å²) in [5.74, 6) is -0.554. The van der Waals surface area contributed by atoms with Gasteiger partial charge in [-0.2, -0.15) is 0 Å². The molecule has 0 amide bonds. The van der Waals surface area contributed by atoms with Crippen LogP contribution in [0.15, 0.2) is 22.7 Å². The van der Waals surface area contributed by atoms with E-state index in [0.717, 1.165) is 0 Å². The van der Waals surface area contributed by atoms with E-state index in [1.807, 2.05) is 0 Å². The molecular formula is C13H15BrN4O4. The summed E-state index contributed by atoms with van der Waals surface area (Å²) in [7, 11) is 0. The van der Waals surface area contributed by atoms with Crippen molar-refractivity contribution >= 4 is 38.9 Å². The Hall–Kier alpha value is -2.16. The lowest BCUT2D eigenvalue weighted by atomic mass is 10.3. The Balaban J connectivity index is 2.14. The molecule has 8 nitrogen and oxygen atoms in total. The maximum atomic E-state index is 12.2. The summed E-state index contributed by atoms with van der Waals surface area (Å²) in [6.07, 6.45) is -0.130. The fourth-order valence-electron chi connectivity index (χ4n) is 1.82. The number of carbonyl (C=O) groups excluding carboxylic acids is 1. The van der Waals surface area contributed by atoms with Crippen molar-refractivity contribution in [3.05, 3.63) is 33.1 Å². The molecule has 118 valence electrons. The van der Waals surface area contributed by atoms with Crippen molar-refractivity contribution in [3.8, 4) is 0 Å². The molecule has 1 N–H and O–H groups in total. The average Bonchev–Trinajstić information content (AvgIpc) is 2.43. The Labute approximate surface area is 135 Å². The van der Waals surface area contributed by atoms with Crippen LogP contribution >= 0.6 is 15.9 Å². The third kappa shape index (κ3) is 3.73. The van der Waals surface area contributed by atoms with Gasteiger partial charge >= 0.3 is 17.4 Å². The highest BCUT2D eigenvalue weighted by Gasteiger charge is 2.20. The summed E-state index contributed by atoms with van der Waals surface area (Å²) in [4.78, 5) is 11.8. The zero-order chi connectivity index (χ0) is 16.3. The number of carbonyl (C=O) groups is 1. The van der Waals surface area contributed by atoms with Gasteiger partial charge in [0.25, 0.3) is 0 Å². The van der Waals surface area contributed by atoms with Crippen molar-refractivity contribution in [3.63, 3.8) is 0 Å². The van der Waals surface area contributed by atoms with Crippen LogP contribution in [-0.4, -0.2) is 23.7 Å². The molecule has 0 bridgehead atoms. The number of hydrogen-bond acceptors (Lipinski definition) is 6. The standard InChI is InChI=1S/C13H15BrN4O4/c1-8(2)22-12(19)5-6-15-13-16-18(21)11-7-9(14)3-4-10(11)17(13)20/h3-4,7-8H,5-6H2,1-2H3,(H,15,16). The predicted molar refractivity (Wildman–Crippen MR) is 81.7 cm³/mol. The second kappa shape index (κ2) is 6.73. The van der Waals surface area contributed by atoms with Crippen molar-refractivity contribution < 1.29 is 19.1 Å². The lowest BCUT2D eigenvalue weighted by Crippen LogP contribution is -2.44. The van der Waals surface area contributed by atoms with Gasteiger partial charge in [0.2, 0.25) is 5.10 Å². The van der Waals surface area contributed by atoms with Crippen molar-refractivity contribution in [2.75, 3.05) is 11.9 Å². The van der Waals surface area contributed by atoms with Crippen LogP contribution in [0.4, 0.5) is 5.95 Å². The Morgan fingerprint density at radius 1 is 1.41 bits per heavy atom. The molecule has 0 atom stereocenters. The first kappa shape index (κ1) is 16.2. The third-order valence-electron chi connectivity index (χ3n) is 2.72. The first-order valence-electron chi connectivity index (χ1n) is 6.64. The second-order valence-corrected chi connectivity index (χ2v) is 5.76. The minimum absolute atomic E-state index is 0.0666. The normalized spacial score (nSPS) is 10.9. The highest BCUT2D eigenvalue weighted by molar-refractivity contribution is 9.10. The van der Waals surface area contributed by atoms with E-state index in [0.29, 0.717) is 14.0 Å². The fraction of sp³-hybridized carbons (Fsp3) is 0.385. The number of esters is 1. The minimum atomic E-state index is -0.389. The number of ether oxygens (including phenoxy) is 1. The third-order valence-corrected chi connectivity index (χ3v) is 3.21. The van der Waals surface area contributed by atoms with Crippen molar-refractivity contribution in [2.45, 2.75) is 26.4 Å². The summed E-state index contributed by atoms with van der Waals surface area (Å²) in [5, 5.41) is 30.3. The topological polar surface area (TPSA) is 105 Å². The van der Waals surface area contributed by atoms with Gasteiger partial charge in [0, 0.05) is 15.4 Å². The van der Waals surface area contributed by atoms with E-state index in [-0.39, 0.29) is 42.0 Å². The van der Waals surface area contributed by atoms with Gasteiger partial charge in [0.15, 0.2) is 5.52 Å². The molecule has 0 unspecified atom stereocenters. The lowest BCUT2D eigenvalue weighted by Gasteiger charge is -2.10. The quantitative estimate of drug-likeness (QED) is 0.478. The van der Waals surface area contributed by atoms with Gasteiger partial charge in [0.05, 0.1) is 19.1 Å². The maximum Gasteiger partial charge on any atom is 0.460 e. The number of aromatic nitrogens is 3. The minimum Gasteiger partial charge on any atom is -0.739 e. The summed E-state index contributed by atoms with van der Waals surface area (Å²) in [5.41, 5.74) is 0.328. The average molecular weight is 371 g/mol. The Morgan fingerprint density at radius 2 is 2.14 bits per heavy atom. The molecule has 2 rings (SSSR count). The maximum absolute atomic E-state index is 12.2. The molecule has 0 radical (unpaired) electrons. The molecule has 1 heterocycles. The van der Waals surface area contributed by atoms with Crippen LogP contribution in [0.3, 0.4) is 0 Å². The van der Waals surface area contributed by atoms with E-state index in [9.17, 15) is 15.2 Å². The van der Waals surface area contributed by atoms with Crippen LogP contribution in [0.1, 0.15) is 20.3 Å². The van der Waals surface area contributed by atoms with Gasteiger partial charge in [-0.3, -0.25) is 10.1 Å². The smallest absolute Gasteiger partial charge is 0.460 e. The number of anilines is 1. The van der Waals surface area contributed by atoms with Gasteiger partial charge in [-0.15, -0.1) is 0 Å². The van der Waals surface area contributed by atoms with E-state index in [4.69, 9.17) is 4.74 Å². The Morgan fingerprint density at radius 3 is 2.82 bits per heavy atom. The summed E-state index contributed by atoms with van der Waals surface area (Å²) in [6.45, 7) is 3.64. The number of rotatable bonds is 5. The van der Waals surface area contributed by atoms with E-state index < -0.39 is 0 Å². The zero-order valence-corrected chi connectivity index (χ0v) is 13.7. The van der Waals surface area contributed by atoms with E-state index >= 15 is 0 Å². The molecule has 0 aliphatic rings. The van der Waals surface area contributed by atoms with E-state index in [1.165, 1.54) is 12.1 Å². The summed E-state index contributed by atoms with van der Waals surface area (Å²) in [6, 6.07) is 4.68. The van der Waals surface area contributed by atoms with Gasteiger partial charge in [-0.1, -0.05) is 15.9 Å². The second-order valence-electron chi connectivity index (χ2n) is 4.84. The van der Waals surface area contributed by atoms with Crippen molar-refractivity contribution in [1.82, 2.24) is 5.10 Å². The molecule has 0 fully saturated rings. The molecule has 0 saturated carbocycles. The van der Waals surface area contributed by atoms with E-state index in [1.54, 1.807) is 19.9 Å². The number of nitrogens with one attached hydrogen (secondary N) is 1. The van der Waals surface area contributed by atoms with Crippen LogP contribution in [0, 0.1) is 10.4 Å². The van der Waals surface area contributed by atoms with Crippen LogP contribution in [-0.2, 0) is 9.53 Å². The predicted octanol–water partition coefficient (Wildman–Crippen LogP) is 1.02. The lowest BCUT2D eigenvalue weighted by molar-refractivity contribution is -0.672. The number of nitrogens with zero attached hydrogens (tertiary/aromatic N) is 3. The number of halogens is 1. The molecular weight excluding hydrogens is 356 g/mol. The van der Waals surface area contributed by atoms with Gasteiger partial charge in [-0.25, -0.2) is 4.73 Å². The number of fused-ring (bicyclic) bond motifs is 1. The first-order chi connectivity index (χ1) is 10.4. The van der Waals surface area contributed by atoms with Crippen LogP contribution in [0.2, 0.25) is 0 Å². The van der Waals surface area contributed by atoms with E-state index in [2.05, 4.69) is 26.3 Å². The van der Waals surface area contributed by atoms with Crippen molar-refractivity contribution in [1.29, 1.82) is 0 Å². The molecule has 2 aromatic rings. The zero-order valence-electron chi connectivity index (χ0n) is 12.1. The van der Waals surface area contributed by atoms with Crippen molar-refractivity contribution in [2.24, 2.45) is 0 Å². The molecule has 0 saturated heterocycles. The molecule has 0 aliphatic heterocycles. The summed E-state index contributed by atoms with van der Waals surface area (Å²) >= 11 is 3.23. The molecule has 0 aliphatic carbocycles. The highest BCUT2D eigenvalue weighted by Crippen LogP contribution is 2.14. The molecule has 1 aromatic carbocycles. The highest BCUT2D eigenvalue weighted by atomic mass is 79.9. The number of benzene rings is 1. The van der Waals surface area contributed by atoms with Crippen LogP contribution < -0.4 is 14.9 Å². The largest absolute Gasteiger partial charge is 0.739 e. The SMILES string of the molecule is CC(C)OC(=O)CCNc1n[n+]([O-])c2cc(Br)ccc2[n+]1[O-]. The van der Waals surface area contributed by atoms with Gasteiger partial charge in [-0.05, 0) is 26.0 Å². The van der Waals surface area contributed by atoms with Gasteiger partial charge in [0.1, 0.15) is 0 Å². The van der Waals surface area contributed by atoms with Gasteiger partial charge < -0.3 is 15.2 Å². The molecule has 0 spiro atoms. The molecule has 22 heavy (non-hydrogen) atoms. The fourth-order valence-corrected chi connectivity index (χ4v) is 2.17. The molecule has 9 heteroatoms. The Kier molecular flexibility index (Phi) is 4.96. The van der Waals surface area contributed by atoms with Crippen LogP contribution in [0.5, 0.6) is 0 Å². The number of hydrogen-bond donors (Lipinski definition) is 1.